The van der Waals surface area contributed by atoms with Gasteiger partial charge in [-0.2, -0.15) is 0 Å². The minimum Gasteiger partial charge on any atom is -0.494 e. The molecular weight excluding hydrogens is 348 g/mol. The Morgan fingerprint density at radius 3 is 2.90 bits per heavy atom. The van der Waals surface area contributed by atoms with Crippen LogP contribution in [0.25, 0.3) is 11.0 Å². The molecule has 1 aromatic carbocycles. The maximum absolute atomic E-state index is 5.54. The zero-order chi connectivity index (χ0) is 14.7. The molecule has 1 heterocycles. The zero-order valence-electron chi connectivity index (χ0n) is 12.3. The molecule has 1 N–H and O–H groups in total. The Kier molecular flexibility index (Phi) is 4.79. The number of halogens is 1. The van der Waals surface area contributed by atoms with E-state index in [0.717, 1.165) is 33.0 Å². The summed E-state index contributed by atoms with van der Waals surface area (Å²) in [4.78, 5) is 8.09. The van der Waals surface area contributed by atoms with Crippen molar-refractivity contribution in [3.8, 4) is 5.75 Å². The van der Waals surface area contributed by atoms with Crippen LogP contribution in [0.3, 0.4) is 0 Å². The summed E-state index contributed by atoms with van der Waals surface area (Å²) in [5.74, 6) is 2.04. The number of imidazole rings is 1. The Hall–Kier alpha value is -0.680. The predicted octanol–water partition coefficient (Wildman–Crippen LogP) is 5.01. The molecule has 114 valence electrons. The van der Waals surface area contributed by atoms with Crippen molar-refractivity contribution in [2.24, 2.45) is 5.41 Å². The second kappa shape index (κ2) is 6.61. The van der Waals surface area contributed by atoms with Gasteiger partial charge in [-0.1, -0.05) is 40.5 Å². The lowest BCUT2D eigenvalue weighted by atomic mass is 9.92. The molecule has 3 nitrogen and oxygen atoms in total. The van der Waals surface area contributed by atoms with E-state index >= 15 is 0 Å². The van der Waals surface area contributed by atoms with Gasteiger partial charge in [-0.25, -0.2) is 4.98 Å². The number of H-pyrrole nitrogens is 1. The van der Waals surface area contributed by atoms with Crippen molar-refractivity contribution in [1.82, 2.24) is 9.97 Å². The lowest BCUT2D eigenvalue weighted by Crippen LogP contribution is -2.21. The van der Waals surface area contributed by atoms with Gasteiger partial charge in [0.25, 0.3) is 0 Å². The van der Waals surface area contributed by atoms with Crippen LogP contribution in [-0.2, 0) is 0 Å². The number of hydrogen-bond acceptors (Lipinski definition) is 3. The van der Waals surface area contributed by atoms with Crippen molar-refractivity contribution in [2.75, 3.05) is 17.7 Å². The van der Waals surface area contributed by atoms with Crippen LogP contribution in [0.2, 0.25) is 0 Å². The van der Waals surface area contributed by atoms with Crippen molar-refractivity contribution >= 4 is 38.7 Å². The molecule has 5 heteroatoms. The number of nitrogens with zero attached hydrogens (tertiary/aromatic N) is 1. The molecule has 1 aromatic heterocycles. The summed E-state index contributed by atoms with van der Waals surface area (Å²) in [6.07, 6.45) is 5.40. The number of alkyl halides is 1. The molecule has 0 spiro atoms. The summed E-state index contributed by atoms with van der Waals surface area (Å²) in [5, 5.41) is 2.12. The van der Waals surface area contributed by atoms with E-state index in [1.165, 1.54) is 25.7 Å². The number of aromatic nitrogens is 2. The summed E-state index contributed by atoms with van der Waals surface area (Å²) < 4.78 is 5.54. The first-order chi connectivity index (χ1) is 10.2. The van der Waals surface area contributed by atoms with Gasteiger partial charge in [-0.15, -0.1) is 0 Å². The van der Waals surface area contributed by atoms with E-state index in [2.05, 4.69) is 25.9 Å². The van der Waals surface area contributed by atoms with Crippen molar-refractivity contribution in [3.63, 3.8) is 0 Å². The first-order valence-electron chi connectivity index (χ1n) is 7.56. The van der Waals surface area contributed by atoms with Gasteiger partial charge < -0.3 is 9.72 Å². The van der Waals surface area contributed by atoms with Crippen molar-refractivity contribution in [1.29, 1.82) is 0 Å². The van der Waals surface area contributed by atoms with Gasteiger partial charge in [0.15, 0.2) is 5.16 Å². The van der Waals surface area contributed by atoms with Crippen molar-refractivity contribution < 1.29 is 4.74 Å². The average Bonchev–Trinajstić information content (AvgIpc) is 3.12. The Morgan fingerprint density at radius 2 is 2.19 bits per heavy atom. The summed E-state index contributed by atoms with van der Waals surface area (Å²) in [6.45, 7) is 2.69. The number of rotatable bonds is 6. The minimum absolute atomic E-state index is 0.458. The van der Waals surface area contributed by atoms with Gasteiger partial charge in [-0.05, 0) is 37.3 Å². The van der Waals surface area contributed by atoms with E-state index in [0.29, 0.717) is 12.0 Å². The van der Waals surface area contributed by atoms with Crippen LogP contribution >= 0.6 is 27.7 Å². The van der Waals surface area contributed by atoms with E-state index in [1.54, 1.807) is 0 Å². The molecule has 0 radical (unpaired) electrons. The topological polar surface area (TPSA) is 37.9 Å². The zero-order valence-corrected chi connectivity index (χ0v) is 14.7. The van der Waals surface area contributed by atoms with Crippen LogP contribution in [0.5, 0.6) is 5.75 Å². The van der Waals surface area contributed by atoms with Gasteiger partial charge >= 0.3 is 0 Å². The molecule has 1 saturated carbocycles. The third kappa shape index (κ3) is 3.39. The smallest absolute Gasteiger partial charge is 0.166 e. The van der Waals surface area contributed by atoms with E-state index in [-0.39, 0.29) is 0 Å². The monoisotopic (exact) mass is 368 g/mol. The summed E-state index contributed by atoms with van der Waals surface area (Å²) >= 11 is 5.56. The van der Waals surface area contributed by atoms with Crippen LogP contribution in [0, 0.1) is 5.41 Å². The second-order valence-corrected chi connectivity index (χ2v) is 7.31. The average molecular weight is 369 g/mol. The van der Waals surface area contributed by atoms with Crippen LogP contribution in [0.1, 0.15) is 32.6 Å². The number of nitrogens with one attached hydrogen (secondary N) is 1. The predicted molar refractivity (Wildman–Crippen MR) is 92.7 cm³/mol. The van der Waals surface area contributed by atoms with Crippen LogP contribution in [-0.4, -0.2) is 27.7 Å². The molecular formula is C16H21BrN2OS. The SMILES string of the molecule is CCOc1ccc2nc(SCC3(CBr)CCCC3)[nH]c2c1. The third-order valence-corrected chi connectivity index (χ3v) is 6.62. The maximum Gasteiger partial charge on any atom is 0.166 e. The number of thioether (sulfide) groups is 1. The molecule has 0 unspecified atom stereocenters. The molecule has 21 heavy (non-hydrogen) atoms. The molecule has 1 aliphatic carbocycles. The molecule has 1 aliphatic rings. The van der Waals surface area contributed by atoms with Crippen LogP contribution < -0.4 is 4.74 Å². The van der Waals surface area contributed by atoms with Crippen molar-refractivity contribution in [3.05, 3.63) is 18.2 Å². The fourth-order valence-corrected chi connectivity index (χ4v) is 5.15. The highest BCUT2D eigenvalue weighted by molar-refractivity contribution is 9.09. The summed E-state index contributed by atoms with van der Waals surface area (Å²) in [5.41, 5.74) is 2.53. The fraction of sp³-hybridized carbons (Fsp3) is 0.562. The van der Waals surface area contributed by atoms with Gasteiger partial charge in [0.05, 0.1) is 17.6 Å². The summed E-state index contributed by atoms with van der Waals surface area (Å²) in [7, 11) is 0. The Labute approximate surface area is 138 Å². The van der Waals surface area contributed by atoms with Gasteiger partial charge in [0.2, 0.25) is 0 Å². The van der Waals surface area contributed by atoms with Gasteiger partial charge in [0, 0.05) is 17.1 Å². The number of hydrogen-bond donors (Lipinski definition) is 1. The molecule has 0 saturated heterocycles. The standard InChI is InChI=1S/C16H21BrN2OS/c1-2-20-12-5-6-13-14(9-12)19-15(18-13)21-11-16(10-17)7-3-4-8-16/h5-6,9H,2-4,7-8,10-11H2,1H3,(H,18,19). The van der Waals surface area contributed by atoms with E-state index in [9.17, 15) is 0 Å². The second-order valence-electron chi connectivity index (χ2n) is 5.78. The molecule has 0 atom stereocenters. The molecule has 0 amide bonds. The Bertz CT molecular complexity index is 607. The number of aromatic amines is 1. The van der Waals surface area contributed by atoms with Crippen molar-refractivity contribution in [2.45, 2.75) is 37.8 Å². The van der Waals surface area contributed by atoms with E-state index < -0.39 is 0 Å². The first-order valence-corrected chi connectivity index (χ1v) is 9.67. The van der Waals surface area contributed by atoms with Gasteiger partial charge in [-0.3, -0.25) is 0 Å². The fourth-order valence-electron chi connectivity index (χ4n) is 2.95. The van der Waals surface area contributed by atoms with E-state index in [1.807, 2.05) is 36.9 Å². The van der Waals surface area contributed by atoms with Gasteiger partial charge in [0.1, 0.15) is 5.75 Å². The molecule has 3 rings (SSSR count). The maximum atomic E-state index is 5.54. The number of benzene rings is 1. The lowest BCUT2D eigenvalue weighted by molar-refractivity contribution is 0.340. The molecule has 1 fully saturated rings. The number of ether oxygens (including phenoxy) is 1. The highest BCUT2D eigenvalue weighted by atomic mass is 79.9. The normalized spacial score (nSPS) is 17.4. The highest BCUT2D eigenvalue weighted by Gasteiger charge is 2.33. The third-order valence-electron chi connectivity index (χ3n) is 4.21. The molecule has 2 aromatic rings. The summed E-state index contributed by atoms with van der Waals surface area (Å²) in [6, 6.07) is 6.04. The van der Waals surface area contributed by atoms with E-state index in [4.69, 9.17) is 4.74 Å². The van der Waals surface area contributed by atoms with Crippen LogP contribution in [0.4, 0.5) is 0 Å². The Morgan fingerprint density at radius 1 is 1.38 bits per heavy atom. The largest absolute Gasteiger partial charge is 0.494 e. The Balaban J connectivity index is 1.72. The molecule has 0 bridgehead atoms. The quantitative estimate of drug-likeness (QED) is 0.575. The molecule has 0 aliphatic heterocycles. The highest BCUT2D eigenvalue weighted by Crippen LogP contribution is 2.43. The lowest BCUT2D eigenvalue weighted by Gasteiger charge is -2.25. The minimum atomic E-state index is 0.458. The first kappa shape index (κ1) is 15.2. The van der Waals surface area contributed by atoms with Crippen LogP contribution in [0.15, 0.2) is 23.4 Å². The number of fused-ring (bicyclic) bond motifs is 1.